The van der Waals surface area contributed by atoms with E-state index in [0.717, 1.165) is 25.8 Å². The smallest absolute Gasteiger partial charge is 0.226 e. The summed E-state index contributed by atoms with van der Waals surface area (Å²) in [5, 5.41) is 2.10. The van der Waals surface area contributed by atoms with Gasteiger partial charge in [0.15, 0.2) is 0 Å². The van der Waals surface area contributed by atoms with E-state index in [9.17, 15) is 13.2 Å². The third-order valence-corrected chi connectivity index (χ3v) is 7.15. The number of thiophene rings is 1. The molecule has 3 atom stereocenters. The van der Waals surface area contributed by atoms with Gasteiger partial charge in [-0.3, -0.25) is 4.79 Å². The number of carbonyl (C=O) groups is 1. The molecule has 1 aliphatic heterocycles. The van der Waals surface area contributed by atoms with Crippen LogP contribution < -0.4 is 4.72 Å². The zero-order chi connectivity index (χ0) is 19.0. The van der Waals surface area contributed by atoms with Crippen molar-refractivity contribution in [3.05, 3.63) is 46.7 Å². The summed E-state index contributed by atoms with van der Waals surface area (Å²) in [5.41, 5.74) is 2.43. The number of rotatable bonds is 5. The van der Waals surface area contributed by atoms with Gasteiger partial charge in [0.1, 0.15) is 0 Å². The largest absolute Gasteiger partial charge is 0.341 e. The topological polar surface area (TPSA) is 66.5 Å². The Hall–Kier alpha value is -1.70. The van der Waals surface area contributed by atoms with E-state index in [1.54, 1.807) is 11.3 Å². The minimum absolute atomic E-state index is 0.0306. The van der Waals surface area contributed by atoms with Gasteiger partial charge in [-0.05, 0) is 41.8 Å². The number of hydrogen-bond donors (Lipinski definition) is 1. The van der Waals surface area contributed by atoms with Crippen molar-refractivity contribution in [2.24, 2.45) is 5.92 Å². The maximum atomic E-state index is 13.0. The van der Waals surface area contributed by atoms with Crippen LogP contribution in [0.15, 0.2) is 41.8 Å². The second kappa shape index (κ2) is 7.37. The minimum atomic E-state index is -3.25. The van der Waals surface area contributed by atoms with E-state index in [0.29, 0.717) is 6.54 Å². The highest BCUT2D eigenvalue weighted by Crippen LogP contribution is 2.53. The number of amides is 1. The van der Waals surface area contributed by atoms with Gasteiger partial charge in [-0.1, -0.05) is 30.3 Å². The Morgan fingerprint density at radius 1 is 1.22 bits per heavy atom. The van der Waals surface area contributed by atoms with Crippen molar-refractivity contribution in [2.45, 2.75) is 31.2 Å². The van der Waals surface area contributed by atoms with Crippen molar-refractivity contribution in [3.63, 3.8) is 0 Å². The molecule has 2 heterocycles. The standard InChI is InChI=1S/C20H24N2O3S2/c1-27(24,25)21-15-8-5-10-22(13-15)20(23)18-12-17(18)19-16(9-11-26-19)14-6-3-2-4-7-14/h2-4,6-7,9,11,15,17-18,21H,5,8,10,12-13H2,1H3/t15-,17-,18-/m1/s1. The Kier molecular flexibility index (Phi) is 5.09. The summed E-state index contributed by atoms with van der Waals surface area (Å²) in [4.78, 5) is 16.1. The molecule has 1 saturated carbocycles. The predicted molar refractivity (Wildman–Crippen MR) is 108 cm³/mol. The molecule has 2 aliphatic rings. The maximum absolute atomic E-state index is 13.0. The molecule has 144 valence electrons. The highest BCUT2D eigenvalue weighted by atomic mass is 32.2. The Balaban J connectivity index is 1.43. The normalized spacial score (nSPS) is 25.4. The third-order valence-electron chi connectivity index (χ3n) is 5.34. The van der Waals surface area contributed by atoms with Crippen LogP contribution in [-0.4, -0.2) is 44.6 Å². The Bertz CT molecular complexity index is 924. The summed E-state index contributed by atoms with van der Waals surface area (Å²) < 4.78 is 25.6. The van der Waals surface area contributed by atoms with Crippen LogP contribution in [-0.2, 0) is 14.8 Å². The number of nitrogens with one attached hydrogen (secondary N) is 1. The molecule has 0 spiro atoms. The van der Waals surface area contributed by atoms with Gasteiger partial charge in [-0.25, -0.2) is 13.1 Å². The van der Waals surface area contributed by atoms with E-state index >= 15 is 0 Å². The van der Waals surface area contributed by atoms with E-state index < -0.39 is 10.0 Å². The van der Waals surface area contributed by atoms with E-state index in [4.69, 9.17) is 0 Å². The Morgan fingerprint density at radius 2 is 2.00 bits per heavy atom. The fourth-order valence-electron chi connectivity index (χ4n) is 4.03. The van der Waals surface area contributed by atoms with Crippen molar-refractivity contribution in [2.75, 3.05) is 19.3 Å². The van der Waals surface area contributed by atoms with Gasteiger partial charge < -0.3 is 4.90 Å². The Morgan fingerprint density at radius 3 is 2.74 bits per heavy atom. The molecule has 0 bridgehead atoms. The second-order valence-electron chi connectivity index (χ2n) is 7.53. The molecule has 1 aromatic carbocycles. The lowest BCUT2D eigenvalue weighted by molar-refractivity contribution is -0.133. The lowest BCUT2D eigenvalue weighted by Crippen LogP contribution is -2.49. The van der Waals surface area contributed by atoms with Crippen LogP contribution in [0.4, 0.5) is 0 Å². The van der Waals surface area contributed by atoms with Crippen LogP contribution in [0.2, 0.25) is 0 Å². The first-order valence-corrected chi connectivity index (χ1v) is 12.1. The van der Waals surface area contributed by atoms with Crippen LogP contribution in [0.1, 0.15) is 30.1 Å². The molecule has 0 unspecified atom stereocenters. The van der Waals surface area contributed by atoms with E-state index in [1.807, 2.05) is 23.1 Å². The number of nitrogens with zero attached hydrogens (tertiary/aromatic N) is 1. The number of hydrogen-bond acceptors (Lipinski definition) is 4. The molecular weight excluding hydrogens is 380 g/mol. The average molecular weight is 405 g/mol. The first-order chi connectivity index (χ1) is 12.9. The number of piperidine rings is 1. The van der Waals surface area contributed by atoms with Gasteiger partial charge in [0.05, 0.1) is 6.26 Å². The number of sulfonamides is 1. The van der Waals surface area contributed by atoms with Gasteiger partial charge in [0.25, 0.3) is 0 Å². The molecule has 1 aromatic heterocycles. The molecule has 27 heavy (non-hydrogen) atoms. The van der Waals surface area contributed by atoms with Crippen molar-refractivity contribution in [3.8, 4) is 11.1 Å². The van der Waals surface area contributed by atoms with Crippen molar-refractivity contribution >= 4 is 27.3 Å². The SMILES string of the molecule is CS(=O)(=O)N[C@@H]1CCCN(C(=O)[C@@H]2C[C@H]2c2sccc2-c2ccccc2)C1. The first kappa shape index (κ1) is 18.7. The summed E-state index contributed by atoms with van der Waals surface area (Å²) in [7, 11) is -3.25. The van der Waals surface area contributed by atoms with Crippen molar-refractivity contribution in [1.29, 1.82) is 0 Å². The van der Waals surface area contributed by atoms with Gasteiger partial charge in [-0.2, -0.15) is 0 Å². The third kappa shape index (κ3) is 4.25. The molecular formula is C20H24N2O3S2. The zero-order valence-corrected chi connectivity index (χ0v) is 16.9. The van der Waals surface area contributed by atoms with Gasteiger partial charge >= 0.3 is 0 Å². The monoisotopic (exact) mass is 404 g/mol. The maximum Gasteiger partial charge on any atom is 0.226 e. The highest BCUT2D eigenvalue weighted by Gasteiger charge is 2.47. The van der Waals surface area contributed by atoms with Crippen molar-refractivity contribution in [1.82, 2.24) is 9.62 Å². The molecule has 1 saturated heterocycles. The van der Waals surface area contributed by atoms with Crippen LogP contribution in [0, 0.1) is 5.92 Å². The van der Waals surface area contributed by atoms with Crippen molar-refractivity contribution < 1.29 is 13.2 Å². The molecule has 4 rings (SSSR count). The van der Waals surface area contributed by atoms with Crippen LogP contribution >= 0.6 is 11.3 Å². The molecule has 1 aliphatic carbocycles. The van der Waals surface area contributed by atoms with Crippen LogP contribution in [0.5, 0.6) is 0 Å². The molecule has 0 radical (unpaired) electrons. The zero-order valence-electron chi connectivity index (χ0n) is 15.3. The number of carbonyl (C=O) groups excluding carboxylic acids is 1. The molecule has 5 nitrogen and oxygen atoms in total. The van der Waals surface area contributed by atoms with E-state index in [2.05, 4.69) is 28.3 Å². The molecule has 1 N–H and O–H groups in total. The second-order valence-corrected chi connectivity index (χ2v) is 10.3. The van der Waals surface area contributed by atoms with E-state index in [1.165, 1.54) is 22.3 Å². The fourth-order valence-corrected chi connectivity index (χ4v) is 5.93. The van der Waals surface area contributed by atoms with Crippen LogP contribution in [0.25, 0.3) is 11.1 Å². The predicted octanol–water partition coefficient (Wildman–Crippen LogP) is 3.06. The highest BCUT2D eigenvalue weighted by molar-refractivity contribution is 7.88. The lowest BCUT2D eigenvalue weighted by atomic mass is 10.0. The summed E-state index contributed by atoms with van der Waals surface area (Å²) in [6.07, 6.45) is 3.69. The molecule has 2 fully saturated rings. The average Bonchev–Trinajstić information content (AvgIpc) is 3.28. The number of likely N-dealkylation sites (tertiary alicyclic amines) is 1. The molecule has 2 aromatic rings. The van der Waals surface area contributed by atoms with Gasteiger partial charge in [0.2, 0.25) is 15.9 Å². The van der Waals surface area contributed by atoms with Gasteiger partial charge in [0, 0.05) is 35.8 Å². The summed E-state index contributed by atoms with van der Waals surface area (Å²) in [5.74, 6) is 0.492. The fraction of sp³-hybridized carbons (Fsp3) is 0.450. The quantitative estimate of drug-likeness (QED) is 0.833. The summed E-state index contributed by atoms with van der Waals surface area (Å²) in [6, 6.07) is 12.3. The van der Waals surface area contributed by atoms with Crippen LogP contribution in [0.3, 0.4) is 0 Å². The lowest BCUT2D eigenvalue weighted by Gasteiger charge is -2.33. The molecule has 7 heteroatoms. The minimum Gasteiger partial charge on any atom is -0.341 e. The van der Waals surface area contributed by atoms with E-state index in [-0.39, 0.29) is 23.8 Å². The first-order valence-electron chi connectivity index (χ1n) is 9.31. The molecule has 1 amide bonds. The van der Waals surface area contributed by atoms with Gasteiger partial charge in [-0.15, -0.1) is 11.3 Å². The summed E-state index contributed by atoms with van der Waals surface area (Å²) in [6.45, 7) is 1.20. The number of benzene rings is 1. The summed E-state index contributed by atoms with van der Waals surface area (Å²) >= 11 is 1.73. The Labute approximate surface area is 164 Å².